The van der Waals surface area contributed by atoms with E-state index in [0.29, 0.717) is 28.6 Å². The highest BCUT2D eigenvalue weighted by atomic mass is 15.2. The van der Waals surface area contributed by atoms with Crippen LogP contribution in [0.15, 0.2) is 48.2 Å². The van der Waals surface area contributed by atoms with Gasteiger partial charge in [0.2, 0.25) is 5.95 Å². The third-order valence-electron chi connectivity index (χ3n) is 4.45. The molecule has 0 radical (unpaired) electrons. The minimum atomic E-state index is 0.385. The van der Waals surface area contributed by atoms with Crippen LogP contribution in [0.5, 0.6) is 0 Å². The topological polar surface area (TPSA) is 123 Å². The second-order valence-electron chi connectivity index (χ2n) is 6.91. The summed E-state index contributed by atoms with van der Waals surface area (Å²) in [4.78, 5) is 8.72. The SMILES string of the molecule is CC(C#N)=Cc1cc(C)c(Nc2nc(Nc3ccc(C#N)cc3)ncc2N)c(C)c1. The van der Waals surface area contributed by atoms with Gasteiger partial charge in [0.1, 0.15) is 0 Å². The molecule has 0 spiro atoms. The summed E-state index contributed by atoms with van der Waals surface area (Å²) in [7, 11) is 0. The van der Waals surface area contributed by atoms with Crippen molar-refractivity contribution >= 4 is 34.9 Å². The molecule has 0 aliphatic rings. The number of allylic oxidation sites excluding steroid dienone is 1. The van der Waals surface area contributed by atoms with E-state index in [0.717, 1.165) is 28.1 Å². The molecule has 1 heterocycles. The number of rotatable bonds is 5. The van der Waals surface area contributed by atoms with Gasteiger partial charge in [-0.1, -0.05) is 0 Å². The summed E-state index contributed by atoms with van der Waals surface area (Å²) >= 11 is 0. The van der Waals surface area contributed by atoms with Crippen molar-refractivity contribution in [2.75, 3.05) is 16.4 Å². The Bertz CT molecular complexity index is 1170. The van der Waals surface area contributed by atoms with Crippen LogP contribution in [0.3, 0.4) is 0 Å². The van der Waals surface area contributed by atoms with Crippen molar-refractivity contribution < 1.29 is 0 Å². The van der Waals surface area contributed by atoms with E-state index >= 15 is 0 Å². The zero-order valence-electron chi connectivity index (χ0n) is 17.0. The number of nitrogens with two attached hydrogens (primary N) is 1. The number of aromatic nitrogens is 2. The molecule has 1 aromatic heterocycles. The normalized spacial score (nSPS) is 10.8. The van der Waals surface area contributed by atoms with E-state index in [4.69, 9.17) is 16.3 Å². The molecule has 0 saturated carbocycles. The number of anilines is 5. The molecule has 0 atom stereocenters. The van der Waals surface area contributed by atoms with E-state index in [1.807, 2.05) is 32.1 Å². The van der Waals surface area contributed by atoms with Crippen LogP contribution < -0.4 is 16.4 Å². The lowest BCUT2D eigenvalue weighted by Gasteiger charge is -2.15. The molecule has 3 rings (SSSR count). The third-order valence-corrected chi connectivity index (χ3v) is 4.45. The summed E-state index contributed by atoms with van der Waals surface area (Å²) in [6, 6.07) is 15.2. The summed E-state index contributed by atoms with van der Waals surface area (Å²) in [5.74, 6) is 0.875. The van der Waals surface area contributed by atoms with Crippen molar-refractivity contribution in [3.63, 3.8) is 0 Å². The molecule has 0 amide bonds. The highest BCUT2D eigenvalue weighted by Gasteiger charge is 2.10. The number of benzene rings is 2. The lowest BCUT2D eigenvalue weighted by molar-refractivity contribution is 1.16. The predicted octanol–water partition coefficient (Wildman–Crippen LogP) is 4.96. The number of aryl methyl sites for hydroxylation is 2. The van der Waals surface area contributed by atoms with Gasteiger partial charge in [-0.15, -0.1) is 0 Å². The second-order valence-corrected chi connectivity index (χ2v) is 6.91. The van der Waals surface area contributed by atoms with Gasteiger partial charge in [-0.2, -0.15) is 15.5 Å². The summed E-state index contributed by atoms with van der Waals surface area (Å²) < 4.78 is 0. The van der Waals surface area contributed by atoms with Crippen molar-refractivity contribution in [1.82, 2.24) is 9.97 Å². The van der Waals surface area contributed by atoms with Gasteiger partial charge >= 0.3 is 0 Å². The number of nitrogens with one attached hydrogen (secondary N) is 2. The first-order valence-corrected chi connectivity index (χ1v) is 9.26. The van der Waals surface area contributed by atoms with E-state index in [-0.39, 0.29) is 0 Å². The fourth-order valence-corrected chi connectivity index (χ4v) is 2.99. The van der Waals surface area contributed by atoms with Crippen LogP contribution in [-0.4, -0.2) is 9.97 Å². The molecule has 7 nitrogen and oxygen atoms in total. The molecule has 0 fully saturated rings. The van der Waals surface area contributed by atoms with Crippen molar-refractivity contribution in [2.24, 2.45) is 0 Å². The van der Waals surface area contributed by atoms with Crippen LogP contribution in [0.1, 0.15) is 29.2 Å². The molecule has 7 heteroatoms. The number of nitrogen functional groups attached to an aromatic ring is 1. The maximum Gasteiger partial charge on any atom is 0.229 e. The molecule has 4 N–H and O–H groups in total. The quantitative estimate of drug-likeness (QED) is 0.521. The second kappa shape index (κ2) is 8.76. The van der Waals surface area contributed by atoms with Crippen LogP contribution in [0.25, 0.3) is 6.08 Å². The fourth-order valence-electron chi connectivity index (χ4n) is 2.99. The summed E-state index contributed by atoms with van der Waals surface area (Å²) in [6.45, 7) is 5.75. The van der Waals surface area contributed by atoms with E-state index in [1.165, 1.54) is 0 Å². The van der Waals surface area contributed by atoms with Crippen LogP contribution in [-0.2, 0) is 0 Å². The molecule has 0 aliphatic carbocycles. The molecular formula is C23H21N7. The van der Waals surface area contributed by atoms with Crippen LogP contribution in [0, 0.1) is 36.5 Å². The molecular weight excluding hydrogens is 374 g/mol. The number of nitriles is 2. The Morgan fingerprint density at radius 1 is 1.07 bits per heavy atom. The molecule has 0 bridgehead atoms. The molecule has 2 aromatic carbocycles. The van der Waals surface area contributed by atoms with E-state index < -0.39 is 0 Å². The van der Waals surface area contributed by atoms with Gasteiger partial charge in [-0.05, 0) is 79.9 Å². The lowest BCUT2D eigenvalue weighted by atomic mass is 10.0. The lowest BCUT2D eigenvalue weighted by Crippen LogP contribution is -2.06. The van der Waals surface area contributed by atoms with E-state index in [2.05, 4.69) is 32.7 Å². The maximum absolute atomic E-state index is 8.99. The molecule has 148 valence electrons. The van der Waals surface area contributed by atoms with Gasteiger partial charge in [-0.25, -0.2) is 4.98 Å². The van der Waals surface area contributed by atoms with E-state index in [1.54, 1.807) is 37.4 Å². The largest absolute Gasteiger partial charge is 0.394 e. The number of hydrogen-bond acceptors (Lipinski definition) is 7. The van der Waals surface area contributed by atoms with E-state index in [9.17, 15) is 0 Å². The average Bonchev–Trinajstić information content (AvgIpc) is 2.73. The summed E-state index contributed by atoms with van der Waals surface area (Å²) in [5.41, 5.74) is 12.4. The van der Waals surface area contributed by atoms with Crippen molar-refractivity contribution in [3.8, 4) is 12.1 Å². The van der Waals surface area contributed by atoms with Crippen molar-refractivity contribution in [1.29, 1.82) is 10.5 Å². The Morgan fingerprint density at radius 2 is 1.73 bits per heavy atom. The zero-order chi connectivity index (χ0) is 21.7. The Balaban J connectivity index is 1.87. The third kappa shape index (κ3) is 4.73. The van der Waals surface area contributed by atoms with Gasteiger partial charge in [-0.3, -0.25) is 0 Å². The van der Waals surface area contributed by atoms with Gasteiger partial charge in [0, 0.05) is 16.9 Å². The Hall–Kier alpha value is -4.36. The average molecular weight is 395 g/mol. The van der Waals surface area contributed by atoms with Crippen LogP contribution >= 0.6 is 0 Å². The summed E-state index contributed by atoms with van der Waals surface area (Å²) in [5, 5.41) is 24.3. The fraction of sp³-hybridized carbons (Fsp3) is 0.130. The zero-order valence-corrected chi connectivity index (χ0v) is 17.0. The smallest absolute Gasteiger partial charge is 0.229 e. The van der Waals surface area contributed by atoms with Gasteiger partial charge in [0.25, 0.3) is 0 Å². The van der Waals surface area contributed by atoms with Gasteiger partial charge < -0.3 is 16.4 Å². The van der Waals surface area contributed by atoms with Gasteiger partial charge in [0.05, 0.1) is 29.6 Å². The summed E-state index contributed by atoms with van der Waals surface area (Å²) in [6.07, 6.45) is 3.39. The maximum atomic E-state index is 8.99. The van der Waals surface area contributed by atoms with Crippen molar-refractivity contribution in [2.45, 2.75) is 20.8 Å². The first kappa shape index (κ1) is 20.4. The minimum Gasteiger partial charge on any atom is -0.394 e. The minimum absolute atomic E-state index is 0.385. The standard InChI is InChI=1S/C23H21N7/c1-14(11-24)8-18-9-15(2)21(16(3)10-18)29-22-20(26)13-27-23(30-22)28-19-6-4-17(12-25)5-7-19/h4-10,13H,26H2,1-3H3,(H2,27,28,29,30). The van der Waals surface area contributed by atoms with Crippen LogP contribution in [0.4, 0.5) is 28.8 Å². The molecule has 30 heavy (non-hydrogen) atoms. The van der Waals surface area contributed by atoms with Gasteiger partial charge in [0.15, 0.2) is 5.82 Å². The highest BCUT2D eigenvalue weighted by molar-refractivity contribution is 5.75. The first-order chi connectivity index (χ1) is 14.4. The highest BCUT2D eigenvalue weighted by Crippen LogP contribution is 2.29. The predicted molar refractivity (Wildman–Crippen MR) is 119 cm³/mol. The molecule has 0 saturated heterocycles. The Morgan fingerprint density at radius 3 is 2.33 bits per heavy atom. The Kier molecular flexibility index (Phi) is 5.95. The monoisotopic (exact) mass is 395 g/mol. The van der Waals surface area contributed by atoms with Crippen LogP contribution in [0.2, 0.25) is 0 Å². The molecule has 0 unspecified atom stereocenters. The van der Waals surface area contributed by atoms with Crippen molar-refractivity contribution in [3.05, 3.63) is 70.4 Å². The number of nitrogens with zero attached hydrogens (tertiary/aromatic N) is 4. The molecule has 0 aliphatic heterocycles. The Labute approximate surface area is 175 Å². The first-order valence-electron chi connectivity index (χ1n) is 9.26. The molecule has 3 aromatic rings. The number of hydrogen-bond donors (Lipinski definition) is 3.